The van der Waals surface area contributed by atoms with Crippen molar-refractivity contribution in [3.63, 3.8) is 0 Å². The molecule has 2 aromatic carbocycles. The minimum Gasteiger partial charge on any atom is -0.497 e. The fourth-order valence-corrected chi connectivity index (χ4v) is 2.35. The van der Waals surface area contributed by atoms with Crippen molar-refractivity contribution in [2.45, 2.75) is 13.0 Å². The summed E-state index contributed by atoms with van der Waals surface area (Å²) in [7, 11) is 4.94. The molecule has 0 bridgehead atoms. The molecule has 0 spiro atoms. The molecule has 0 amide bonds. The van der Waals surface area contributed by atoms with Gasteiger partial charge in [0, 0.05) is 18.2 Å². The van der Waals surface area contributed by atoms with Gasteiger partial charge >= 0.3 is 0 Å². The van der Waals surface area contributed by atoms with Gasteiger partial charge in [-0.25, -0.2) is 0 Å². The summed E-state index contributed by atoms with van der Waals surface area (Å²) < 4.78 is 21.9. The van der Waals surface area contributed by atoms with Gasteiger partial charge in [-0.3, -0.25) is 0 Å². The zero-order chi connectivity index (χ0) is 15.9. The first-order valence-electron chi connectivity index (χ1n) is 7.21. The largest absolute Gasteiger partial charge is 0.497 e. The summed E-state index contributed by atoms with van der Waals surface area (Å²) in [5.74, 6) is 2.32. The molecule has 1 unspecified atom stereocenters. The molecule has 0 aliphatic heterocycles. The van der Waals surface area contributed by atoms with E-state index in [0.717, 1.165) is 28.4 Å². The third-order valence-corrected chi connectivity index (χ3v) is 3.47. The molecule has 0 aromatic heterocycles. The molecule has 4 heteroatoms. The third-order valence-electron chi connectivity index (χ3n) is 3.47. The standard InChI is InChI=1S/C18H22O4/c1-5-22-18(13-6-8-14(19-2)9-7-13)16-11-10-15(20-3)12-17(16)21-4/h6-12,18H,5H2,1-4H3. The van der Waals surface area contributed by atoms with Gasteiger partial charge in [0.05, 0.1) is 21.3 Å². The van der Waals surface area contributed by atoms with Crippen LogP contribution >= 0.6 is 0 Å². The van der Waals surface area contributed by atoms with E-state index in [9.17, 15) is 0 Å². The highest BCUT2D eigenvalue weighted by Gasteiger charge is 2.19. The molecule has 0 aliphatic carbocycles. The summed E-state index contributed by atoms with van der Waals surface area (Å²) in [4.78, 5) is 0. The Balaban J connectivity index is 2.42. The van der Waals surface area contributed by atoms with Crippen molar-refractivity contribution in [1.82, 2.24) is 0 Å². The zero-order valence-corrected chi connectivity index (χ0v) is 13.5. The summed E-state index contributed by atoms with van der Waals surface area (Å²) in [5.41, 5.74) is 2.02. The van der Waals surface area contributed by atoms with Gasteiger partial charge in [-0.1, -0.05) is 12.1 Å². The summed E-state index contributed by atoms with van der Waals surface area (Å²) in [6, 6.07) is 13.6. The van der Waals surface area contributed by atoms with Crippen LogP contribution in [0.4, 0.5) is 0 Å². The maximum Gasteiger partial charge on any atom is 0.128 e. The topological polar surface area (TPSA) is 36.9 Å². The molecular formula is C18H22O4. The smallest absolute Gasteiger partial charge is 0.128 e. The third kappa shape index (κ3) is 3.52. The molecule has 22 heavy (non-hydrogen) atoms. The highest BCUT2D eigenvalue weighted by atomic mass is 16.5. The Hall–Kier alpha value is -2.20. The predicted molar refractivity (Wildman–Crippen MR) is 86.0 cm³/mol. The van der Waals surface area contributed by atoms with E-state index in [-0.39, 0.29) is 6.10 Å². The van der Waals surface area contributed by atoms with Gasteiger partial charge in [-0.15, -0.1) is 0 Å². The normalized spacial score (nSPS) is 11.8. The summed E-state index contributed by atoms with van der Waals surface area (Å²) >= 11 is 0. The number of methoxy groups -OCH3 is 3. The molecular weight excluding hydrogens is 280 g/mol. The van der Waals surface area contributed by atoms with Gasteiger partial charge in [-0.2, -0.15) is 0 Å². The SMILES string of the molecule is CCOC(c1ccc(OC)cc1)c1ccc(OC)cc1OC. The van der Waals surface area contributed by atoms with Gasteiger partial charge < -0.3 is 18.9 Å². The van der Waals surface area contributed by atoms with Gasteiger partial charge in [0.2, 0.25) is 0 Å². The van der Waals surface area contributed by atoms with E-state index in [1.54, 1.807) is 21.3 Å². The first-order valence-corrected chi connectivity index (χ1v) is 7.21. The Morgan fingerprint density at radius 3 is 2.00 bits per heavy atom. The van der Waals surface area contributed by atoms with E-state index in [4.69, 9.17) is 18.9 Å². The second-order valence-electron chi connectivity index (χ2n) is 4.72. The molecule has 0 saturated heterocycles. The van der Waals surface area contributed by atoms with Crippen LogP contribution in [0.25, 0.3) is 0 Å². The predicted octanol–water partition coefficient (Wildman–Crippen LogP) is 3.84. The monoisotopic (exact) mass is 302 g/mol. The maximum atomic E-state index is 5.94. The van der Waals surface area contributed by atoms with Crippen molar-refractivity contribution in [2.75, 3.05) is 27.9 Å². The van der Waals surface area contributed by atoms with Gasteiger partial charge in [0.25, 0.3) is 0 Å². The van der Waals surface area contributed by atoms with Gasteiger partial charge in [-0.05, 0) is 36.8 Å². The van der Waals surface area contributed by atoms with Crippen LogP contribution in [0.5, 0.6) is 17.2 Å². The van der Waals surface area contributed by atoms with E-state index in [0.29, 0.717) is 6.61 Å². The molecule has 2 aromatic rings. The fourth-order valence-electron chi connectivity index (χ4n) is 2.35. The minimum absolute atomic E-state index is 0.197. The molecule has 0 saturated carbocycles. The van der Waals surface area contributed by atoms with E-state index in [2.05, 4.69) is 0 Å². The van der Waals surface area contributed by atoms with E-state index >= 15 is 0 Å². The first-order chi connectivity index (χ1) is 10.7. The molecule has 0 heterocycles. The Labute approximate surface area is 131 Å². The molecule has 2 rings (SSSR count). The number of rotatable bonds is 7. The van der Waals surface area contributed by atoms with E-state index < -0.39 is 0 Å². The van der Waals surface area contributed by atoms with Crippen LogP contribution in [0.15, 0.2) is 42.5 Å². The Morgan fingerprint density at radius 2 is 1.45 bits per heavy atom. The quantitative estimate of drug-likeness (QED) is 0.778. The van der Waals surface area contributed by atoms with Crippen LogP contribution in [-0.2, 0) is 4.74 Å². The van der Waals surface area contributed by atoms with Crippen LogP contribution < -0.4 is 14.2 Å². The average molecular weight is 302 g/mol. The summed E-state index contributed by atoms with van der Waals surface area (Å²) in [5, 5.41) is 0. The van der Waals surface area contributed by atoms with Crippen molar-refractivity contribution < 1.29 is 18.9 Å². The van der Waals surface area contributed by atoms with Crippen LogP contribution in [0.1, 0.15) is 24.2 Å². The fraction of sp³-hybridized carbons (Fsp3) is 0.333. The number of hydrogen-bond acceptors (Lipinski definition) is 4. The number of benzene rings is 2. The maximum absolute atomic E-state index is 5.94. The zero-order valence-electron chi connectivity index (χ0n) is 13.5. The summed E-state index contributed by atoms with van der Waals surface area (Å²) in [6.07, 6.45) is -0.197. The lowest BCUT2D eigenvalue weighted by atomic mass is 10.00. The molecule has 0 radical (unpaired) electrons. The van der Waals surface area contributed by atoms with Gasteiger partial charge in [0.1, 0.15) is 23.4 Å². The van der Waals surface area contributed by atoms with E-state index in [1.807, 2.05) is 49.4 Å². The lowest BCUT2D eigenvalue weighted by molar-refractivity contribution is 0.0893. The Kier molecular flexibility index (Phi) is 5.67. The Bertz CT molecular complexity index is 593. The molecule has 0 fully saturated rings. The minimum atomic E-state index is -0.197. The first kappa shape index (κ1) is 16.2. The lowest BCUT2D eigenvalue weighted by Crippen LogP contribution is -2.08. The molecule has 4 nitrogen and oxygen atoms in total. The van der Waals surface area contributed by atoms with Crippen molar-refractivity contribution in [3.05, 3.63) is 53.6 Å². The highest BCUT2D eigenvalue weighted by Crippen LogP contribution is 2.35. The molecule has 0 N–H and O–H groups in total. The van der Waals surface area contributed by atoms with E-state index in [1.165, 1.54) is 0 Å². The van der Waals surface area contributed by atoms with Crippen LogP contribution in [0.2, 0.25) is 0 Å². The molecule has 0 aliphatic rings. The van der Waals surface area contributed by atoms with Crippen LogP contribution in [-0.4, -0.2) is 27.9 Å². The van der Waals surface area contributed by atoms with Crippen molar-refractivity contribution in [1.29, 1.82) is 0 Å². The van der Waals surface area contributed by atoms with Crippen molar-refractivity contribution in [2.24, 2.45) is 0 Å². The number of ether oxygens (including phenoxy) is 4. The summed E-state index contributed by atoms with van der Waals surface area (Å²) in [6.45, 7) is 2.58. The number of hydrogen-bond donors (Lipinski definition) is 0. The van der Waals surface area contributed by atoms with Gasteiger partial charge in [0.15, 0.2) is 0 Å². The second kappa shape index (κ2) is 7.71. The second-order valence-corrected chi connectivity index (χ2v) is 4.72. The van der Waals surface area contributed by atoms with Crippen LogP contribution in [0, 0.1) is 0 Å². The average Bonchev–Trinajstić information content (AvgIpc) is 2.59. The van der Waals surface area contributed by atoms with Crippen molar-refractivity contribution >= 4 is 0 Å². The van der Waals surface area contributed by atoms with Crippen molar-refractivity contribution in [3.8, 4) is 17.2 Å². The Morgan fingerprint density at radius 1 is 0.818 bits per heavy atom. The highest BCUT2D eigenvalue weighted by molar-refractivity contribution is 5.46. The lowest BCUT2D eigenvalue weighted by Gasteiger charge is -2.21. The molecule has 1 atom stereocenters. The molecule has 118 valence electrons. The van der Waals surface area contributed by atoms with Crippen LogP contribution in [0.3, 0.4) is 0 Å².